The summed E-state index contributed by atoms with van der Waals surface area (Å²) in [6.45, 7) is 10.9. The second-order valence-electron chi connectivity index (χ2n) is 11.3. The van der Waals surface area contributed by atoms with Gasteiger partial charge in [0.25, 0.3) is 5.91 Å². The molecule has 2 aromatic carbocycles. The van der Waals surface area contributed by atoms with E-state index in [0.29, 0.717) is 53.5 Å². The Balaban J connectivity index is 1.40. The molecule has 5 heterocycles. The van der Waals surface area contributed by atoms with Crippen LogP contribution in [0.1, 0.15) is 24.0 Å². The molecular weight excluding hydrogens is 617 g/mol. The van der Waals surface area contributed by atoms with Gasteiger partial charge in [0.15, 0.2) is 11.6 Å². The fourth-order valence-electron chi connectivity index (χ4n) is 5.54. The number of hydrogen-bond acceptors (Lipinski definition) is 9. The van der Waals surface area contributed by atoms with Crippen LogP contribution in [0.5, 0.6) is 11.8 Å². The van der Waals surface area contributed by atoms with Crippen LogP contribution < -0.4 is 15.8 Å². The Bertz CT molecular complexity index is 2200. The number of imidazole rings is 1. The van der Waals surface area contributed by atoms with Gasteiger partial charge in [-0.2, -0.15) is 0 Å². The summed E-state index contributed by atoms with van der Waals surface area (Å²) in [6, 6.07) is 12.2. The summed E-state index contributed by atoms with van der Waals surface area (Å²) in [5.41, 5.74) is 13.0. The first-order chi connectivity index (χ1) is 22.7. The molecule has 10 nitrogen and oxygen atoms in total. The number of benzene rings is 2. The average Bonchev–Trinajstić information content (AvgIpc) is 3.65. The molecule has 1 amide bonds. The van der Waals surface area contributed by atoms with Crippen molar-refractivity contribution in [3.63, 3.8) is 0 Å². The van der Waals surface area contributed by atoms with Crippen LogP contribution in [0.3, 0.4) is 0 Å². The number of pyridine rings is 1. The minimum atomic E-state index is -0.586. The number of anilines is 2. The zero-order valence-electron chi connectivity index (χ0n) is 25.9. The molecule has 0 atom stereocenters. The number of nitrogens with zero attached hydrogens (tertiary/aromatic N) is 5. The topological polar surface area (TPSA) is 130 Å². The summed E-state index contributed by atoms with van der Waals surface area (Å²) in [5, 5.41) is 3.57. The minimum absolute atomic E-state index is 0.00758. The molecule has 3 N–H and O–H groups in total. The summed E-state index contributed by atoms with van der Waals surface area (Å²) in [6.07, 6.45) is 5.30. The quantitative estimate of drug-likeness (QED) is 0.171. The highest BCUT2D eigenvalue weighted by Crippen LogP contribution is 2.50. The number of thiophene rings is 1. The maximum Gasteiger partial charge on any atom is 0.322 e. The van der Waals surface area contributed by atoms with Crippen LogP contribution in [0.2, 0.25) is 0 Å². The zero-order valence-corrected chi connectivity index (χ0v) is 26.7. The molecule has 47 heavy (non-hydrogen) atoms. The number of carbonyl (C=O) groups is 1. The molecule has 0 aliphatic carbocycles. The van der Waals surface area contributed by atoms with E-state index in [4.69, 9.17) is 20.2 Å². The van der Waals surface area contributed by atoms with Crippen LogP contribution in [0.25, 0.3) is 42.9 Å². The van der Waals surface area contributed by atoms with Gasteiger partial charge in [0.2, 0.25) is 0 Å². The molecule has 0 saturated carbocycles. The first-order valence-electron chi connectivity index (χ1n) is 14.9. The molecule has 0 saturated heterocycles. The molecule has 236 valence electrons. The van der Waals surface area contributed by atoms with Gasteiger partial charge in [0.1, 0.15) is 18.2 Å². The predicted octanol–water partition coefficient (Wildman–Crippen LogP) is 7.46. The van der Waals surface area contributed by atoms with E-state index in [1.807, 2.05) is 31.3 Å². The lowest BCUT2D eigenvalue weighted by atomic mass is 9.96. The van der Waals surface area contributed by atoms with Crippen molar-refractivity contribution in [2.45, 2.75) is 33.9 Å². The lowest BCUT2D eigenvalue weighted by Crippen LogP contribution is -2.15. The number of aryl methyl sites for hydroxylation is 2. The normalized spacial score (nSPS) is 12.6. The Labute approximate surface area is 273 Å². The van der Waals surface area contributed by atoms with Crippen molar-refractivity contribution in [3.05, 3.63) is 96.1 Å². The largest absolute Gasteiger partial charge is 0.421 e. The van der Waals surface area contributed by atoms with E-state index in [1.165, 1.54) is 17.4 Å². The van der Waals surface area contributed by atoms with Crippen LogP contribution in [-0.4, -0.2) is 37.0 Å². The number of rotatable bonds is 7. The Morgan fingerprint density at radius 2 is 1.98 bits per heavy atom. The standard InChI is InChI=1S/C35H30FN7O3S/c1-18(2)34(44)41-22-6-7-23(19(3)13-22)31-29(21-5-8-27(25(36)14-21)46-35-38-10-9-20(4)40-35)30-32(47-31)24(15-39-33(30)37)26-16-43-11-12-45-17-28(43)42-26/h5-10,13-16H,1,11-12,17H2,2-4H3,(H2,37,39)(H,41,44). The van der Waals surface area contributed by atoms with Crippen molar-refractivity contribution in [2.75, 3.05) is 17.7 Å². The van der Waals surface area contributed by atoms with Crippen molar-refractivity contribution in [1.82, 2.24) is 24.5 Å². The third kappa shape index (κ3) is 5.73. The van der Waals surface area contributed by atoms with E-state index >= 15 is 4.39 Å². The first-order valence-corrected chi connectivity index (χ1v) is 15.7. The Hall–Kier alpha value is -5.46. The van der Waals surface area contributed by atoms with Crippen molar-refractivity contribution in [3.8, 4) is 44.6 Å². The van der Waals surface area contributed by atoms with E-state index in [-0.39, 0.29) is 17.7 Å². The minimum Gasteiger partial charge on any atom is -0.421 e. The Kier molecular flexibility index (Phi) is 7.74. The number of halogens is 1. The van der Waals surface area contributed by atoms with Crippen molar-refractivity contribution in [2.24, 2.45) is 0 Å². The summed E-state index contributed by atoms with van der Waals surface area (Å²) >= 11 is 1.53. The molecule has 0 radical (unpaired) electrons. The molecule has 1 aliphatic heterocycles. The molecule has 0 unspecified atom stereocenters. The van der Waals surface area contributed by atoms with Gasteiger partial charge in [0, 0.05) is 63.5 Å². The maximum atomic E-state index is 15.8. The SMILES string of the molecule is C=C(C)C(=O)Nc1ccc(-c2sc3c(-c4cn5c(n4)COCC5)cnc(N)c3c2-c2ccc(Oc3nccc(C)n3)c(F)c2)c(C)c1. The summed E-state index contributed by atoms with van der Waals surface area (Å²) < 4.78 is 30.0. The number of nitrogens with one attached hydrogen (secondary N) is 1. The van der Waals surface area contributed by atoms with Gasteiger partial charge in [-0.15, -0.1) is 11.3 Å². The van der Waals surface area contributed by atoms with Gasteiger partial charge in [-0.25, -0.2) is 24.3 Å². The number of carbonyl (C=O) groups excluding carboxylic acids is 1. The molecule has 4 aromatic heterocycles. The monoisotopic (exact) mass is 647 g/mol. The van der Waals surface area contributed by atoms with Crippen LogP contribution in [-0.2, 0) is 22.7 Å². The smallest absolute Gasteiger partial charge is 0.322 e. The fourth-order valence-corrected chi connectivity index (χ4v) is 6.98. The predicted molar refractivity (Wildman–Crippen MR) is 181 cm³/mol. The summed E-state index contributed by atoms with van der Waals surface area (Å²) in [7, 11) is 0. The zero-order chi connectivity index (χ0) is 32.8. The number of hydrogen-bond donors (Lipinski definition) is 2. The number of ether oxygens (including phenoxy) is 2. The Morgan fingerprint density at radius 3 is 2.72 bits per heavy atom. The molecule has 7 rings (SSSR count). The van der Waals surface area contributed by atoms with Crippen LogP contribution >= 0.6 is 11.3 Å². The summed E-state index contributed by atoms with van der Waals surface area (Å²) in [5.74, 6) is 0.297. The van der Waals surface area contributed by atoms with Crippen molar-refractivity contribution >= 4 is 38.8 Å². The van der Waals surface area contributed by atoms with Crippen molar-refractivity contribution < 1.29 is 18.7 Å². The molecule has 0 bridgehead atoms. The molecule has 0 fully saturated rings. The second kappa shape index (κ2) is 12.0. The van der Waals surface area contributed by atoms with Gasteiger partial charge >= 0.3 is 6.01 Å². The van der Waals surface area contributed by atoms with Gasteiger partial charge in [-0.3, -0.25) is 4.79 Å². The molecule has 1 aliphatic rings. The molecule has 6 aromatic rings. The van der Waals surface area contributed by atoms with Gasteiger partial charge in [-0.05, 0) is 67.8 Å². The second-order valence-corrected chi connectivity index (χ2v) is 12.4. The fraction of sp³-hybridized carbons (Fsp3) is 0.171. The van der Waals surface area contributed by atoms with Crippen LogP contribution in [0, 0.1) is 19.7 Å². The number of aromatic nitrogens is 5. The maximum absolute atomic E-state index is 15.8. The number of nitrogens with two attached hydrogens (primary N) is 1. The number of nitrogen functional groups attached to an aromatic ring is 1. The van der Waals surface area contributed by atoms with E-state index in [2.05, 4.69) is 31.4 Å². The van der Waals surface area contributed by atoms with E-state index in [9.17, 15) is 4.79 Å². The van der Waals surface area contributed by atoms with E-state index in [0.717, 1.165) is 43.3 Å². The molecule has 12 heteroatoms. The van der Waals surface area contributed by atoms with Gasteiger partial charge in [0.05, 0.1) is 17.0 Å². The summed E-state index contributed by atoms with van der Waals surface area (Å²) in [4.78, 5) is 30.9. The van der Waals surface area contributed by atoms with Crippen LogP contribution in [0.15, 0.2) is 73.2 Å². The van der Waals surface area contributed by atoms with Gasteiger partial charge in [-0.1, -0.05) is 18.7 Å². The lowest BCUT2D eigenvalue weighted by Gasteiger charge is -2.13. The third-order valence-corrected chi connectivity index (χ3v) is 9.15. The van der Waals surface area contributed by atoms with Crippen molar-refractivity contribution in [1.29, 1.82) is 0 Å². The Morgan fingerprint density at radius 1 is 1.13 bits per heavy atom. The first kappa shape index (κ1) is 30.2. The highest BCUT2D eigenvalue weighted by molar-refractivity contribution is 7.23. The number of amides is 1. The molecular formula is C35H30FN7O3S. The van der Waals surface area contributed by atoms with E-state index in [1.54, 1.807) is 44.4 Å². The average molecular weight is 648 g/mol. The highest BCUT2D eigenvalue weighted by atomic mass is 32.1. The van der Waals surface area contributed by atoms with E-state index < -0.39 is 5.82 Å². The van der Waals surface area contributed by atoms with Crippen LogP contribution in [0.4, 0.5) is 15.9 Å². The highest BCUT2D eigenvalue weighted by Gasteiger charge is 2.25. The lowest BCUT2D eigenvalue weighted by molar-refractivity contribution is -0.112. The van der Waals surface area contributed by atoms with Gasteiger partial charge < -0.3 is 25.1 Å². The number of fused-ring (bicyclic) bond motifs is 2. The third-order valence-electron chi connectivity index (χ3n) is 7.90. The molecule has 0 spiro atoms.